The van der Waals surface area contributed by atoms with Crippen molar-refractivity contribution in [1.29, 1.82) is 0 Å². The van der Waals surface area contributed by atoms with Crippen molar-refractivity contribution in [2.45, 2.75) is 118 Å². The van der Waals surface area contributed by atoms with Crippen molar-refractivity contribution in [3.05, 3.63) is 0 Å². The maximum Gasteiger partial charge on any atom is 0.364 e. The van der Waals surface area contributed by atoms with Gasteiger partial charge in [0.05, 0.1) is 32.0 Å². The molecule has 0 bridgehead atoms. The Morgan fingerprint density at radius 2 is 1.43 bits per heavy atom. The van der Waals surface area contributed by atoms with Gasteiger partial charge in [0.15, 0.2) is 12.6 Å². The molecule has 0 saturated carbocycles. The van der Waals surface area contributed by atoms with Crippen molar-refractivity contribution in [2.75, 3.05) is 26.9 Å². The van der Waals surface area contributed by atoms with Gasteiger partial charge in [0.2, 0.25) is 11.8 Å². The Morgan fingerprint density at radius 3 is 1.94 bits per heavy atom. The Labute approximate surface area is 267 Å². The minimum atomic E-state index is -2.96. The molecule has 3 aliphatic rings. The molecule has 2 amide bonds. The number of aliphatic hydroxyl groups is 9. The van der Waals surface area contributed by atoms with Gasteiger partial charge in [-0.05, 0) is 0 Å². The maximum atomic E-state index is 12.8. The second-order valence-electron chi connectivity index (χ2n) is 11.4. The van der Waals surface area contributed by atoms with E-state index in [2.05, 4.69) is 10.6 Å². The molecule has 21 heteroatoms. The lowest BCUT2D eigenvalue weighted by atomic mass is 9.88. The van der Waals surface area contributed by atoms with Gasteiger partial charge in [0.25, 0.3) is 5.79 Å². The van der Waals surface area contributed by atoms with Gasteiger partial charge in [-0.3, -0.25) is 9.59 Å². The number of nitrogens with one attached hydrogen (secondary N) is 2. The second kappa shape index (κ2) is 16.5. The summed E-state index contributed by atoms with van der Waals surface area (Å²) in [6.07, 6.45) is -24.2. The van der Waals surface area contributed by atoms with E-state index >= 15 is 0 Å². The highest BCUT2D eigenvalue weighted by Crippen LogP contribution is 2.38. The first-order valence-corrected chi connectivity index (χ1v) is 14.6. The highest BCUT2D eigenvalue weighted by molar-refractivity contribution is 5.76. The topological polar surface area (TPSA) is 333 Å². The summed E-state index contributed by atoms with van der Waals surface area (Å²) in [6.45, 7) is -0.612. The zero-order chi connectivity index (χ0) is 35.4. The van der Waals surface area contributed by atoms with Crippen LogP contribution in [0.2, 0.25) is 0 Å². The van der Waals surface area contributed by atoms with Gasteiger partial charge in [-0.1, -0.05) is 0 Å². The average Bonchev–Trinajstić information content (AvgIpc) is 3.01. The van der Waals surface area contributed by atoms with Gasteiger partial charge >= 0.3 is 5.97 Å². The predicted octanol–water partition coefficient (Wildman–Crippen LogP) is -7.43. The monoisotopic (exact) mass is 688 g/mol. The molecule has 16 atom stereocenters. The van der Waals surface area contributed by atoms with Crippen molar-refractivity contribution in [3.63, 3.8) is 0 Å². The number of carboxylic acid groups (broad SMARTS) is 1. The van der Waals surface area contributed by atoms with Gasteiger partial charge in [0, 0.05) is 27.4 Å². The zero-order valence-electron chi connectivity index (χ0n) is 25.6. The number of aliphatic hydroxyl groups excluding tert-OH is 9. The van der Waals surface area contributed by atoms with Crippen molar-refractivity contribution in [2.24, 2.45) is 0 Å². The Kier molecular flexibility index (Phi) is 13.8. The van der Waals surface area contributed by atoms with E-state index in [0.29, 0.717) is 0 Å². The fourth-order valence-corrected chi connectivity index (χ4v) is 5.79. The molecule has 0 aromatic rings. The Bertz CT molecular complexity index is 1070. The van der Waals surface area contributed by atoms with E-state index in [9.17, 15) is 65.4 Å². The number of rotatable bonds is 13. The van der Waals surface area contributed by atoms with Crippen LogP contribution >= 0.6 is 0 Å². The fraction of sp³-hybridized carbons (Fsp3) is 0.885. The van der Waals surface area contributed by atoms with Crippen LogP contribution in [-0.4, -0.2) is 193 Å². The molecule has 3 heterocycles. The Morgan fingerprint density at radius 1 is 0.872 bits per heavy atom. The van der Waals surface area contributed by atoms with Crippen molar-refractivity contribution in [1.82, 2.24) is 10.6 Å². The second-order valence-corrected chi connectivity index (χ2v) is 11.4. The maximum absolute atomic E-state index is 12.8. The average molecular weight is 689 g/mol. The van der Waals surface area contributed by atoms with E-state index in [0.717, 1.165) is 21.0 Å². The minimum absolute atomic E-state index is 0.685. The van der Waals surface area contributed by atoms with E-state index in [-0.39, 0.29) is 0 Å². The van der Waals surface area contributed by atoms with Crippen LogP contribution in [0.25, 0.3) is 0 Å². The summed E-state index contributed by atoms with van der Waals surface area (Å²) < 4.78 is 33.5. The quantitative estimate of drug-likeness (QED) is 0.0854. The number of hydrogen-bond donors (Lipinski definition) is 12. The summed E-state index contributed by atoms with van der Waals surface area (Å²) in [4.78, 5) is 36.5. The lowest BCUT2D eigenvalue weighted by Gasteiger charge is -2.51. The summed E-state index contributed by atoms with van der Waals surface area (Å²) in [5.74, 6) is -6.30. The van der Waals surface area contributed by atoms with E-state index in [1.807, 2.05) is 0 Å². The summed E-state index contributed by atoms with van der Waals surface area (Å²) in [5.41, 5.74) is 0. The zero-order valence-corrected chi connectivity index (χ0v) is 25.6. The first-order chi connectivity index (χ1) is 22.0. The van der Waals surface area contributed by atoms with Crippen LogP contribution in [0.4, 0.5) is 0 Å². The third-order valence-electron chi connectivity index (χ3n) is 8.12. The van der Waals surface area contributed by atoms with Gasteiger partial charge in [-0.2, -0.15) is 0 Å². The predicted molar refractivity (Wildman–Crippen MR) is 146 cm³/mol. The van der Waals surface area contributed by atoms with Crippen LogP contribution in [0.3, 0.4) is 0 Å². The number of amides is 2. The van der Waals surface area contributed by atoms with Crippen LogP contribution in [0.1, 0.15) is 20.3 Å². The number of carbonyl (C=O) groups excluding carboxylic acids is 2. The highest BCUT2D eigenvalue weighted by Gasteiger charge is 2.60. The molecular weight excluding hydrogens is 644 g/mol. The van der Waals surface area contributed by atoms with Gasteiger partial charge in [0.1, 0.15) is 67.1 Å². The highest BCUT2D eigenvalue weighted by atomic mass is 16.8. The number of methoxy groups -OCH3 is 1. The standard InChI is InChI=1S/C26H44N2O19/c1-8(32)27-14-10(34)4-26(25(40)41,46-20(14)16(36)11(35)5-29)47-21-18(38)13(7-31)44-24(22(21)42-3)45-19-15(28-9(2)33)23(39)43-12(6-30)17(19)37/h10-24,29-31,34-39H,4-7H2,1-3H3,(H,27,32)(H,28,33)(H,40,41)/t10-,11+,12+,13+,14+,15+,16+,17+,18-,19+,20+,21-,22+,23+,24-,26-/m0/s1. The molecule has 47 heavy (non-hydrogen) atoms. The molecule has 0 aromatic heterocycles. The van der Waals surface area contributed by atoms with Gasteiger partial charge in [-0.15, -0.1) is 0 Å². The third-order valence-corrected chi connectivity index (χ3v) is 8.12. The Hall–Kier alpha value is -2.19. The molecule has 21 nitrogen and oxygen atoms in total. The van der Waals surface area contributed by atoms with Crippen LogP contribution in [0.15, 0.2) is 0 Å². The first-order valence-electron chi connectivity index (χ1n) is 14.6. The molecule has 3 fully saturated rings. The fourth-order valence-electron chi connectivity index (χ4n) is 5.79. The summed E-state index contributed by atoms with van der Waals surface area (Å²) in [6, 6.07) is -3.00. The largest absolute Gasteiger partial charge is 0.477 e. The summed E-state index contributed by atoms with van der Waals surface area (Å²) in [7, 11) is 1.06. The molecule has 272 valence electrons. The van der Waals surface area contributed by atoms with Crippen LogP contribution < -0.4 is 10.6 Å². The first kappa shape index (κ1) is 39.3. The van der Waals surface area contributed by atoms with Crippen LogP contribution in [0.5, 0.6) is 0 Å². The summed E-state index contributed by atoms with van der Waals surface area (Å²) >= 11 is 0. The van der Waals surface area contributed by atoms with Crippen molar-refractivity contribution >= 4 is 17.8 Å². The van der Waals surface area contributed by atoms with E-state index < -0.39 is 142 Å². The number of carboxylic acids is 1. The van der Waals surface area contributed by atoms with Crippen molar-refractivity contribution in [3.8, 4) is 0 Å². The molecule has 0 aliphatic carbocycles. The molecule has 0 aromatic carbocycles. The van der Waals surface area contributed by atoms with Gasteiger partial charge in [-0.25, -0.2) is 4.79 Å². The number of ether oxygens (including phenoxy) is 6. The number of carbonyl (C=O) groups is 3. The van der Waals surface area contributed by atoms with Gasteiger partial charge < -0.3 is 90.1 Å². The lowest BCUT2D eigenvalue weighted by molar-refractivity contribution is -0.382. The van der Waals surface area contributed by atoms with E-state index in [1.54, 1.807) is 0 Å². The smallest absolute Gasteiger partial charge is 0.364 e. The molecule has 12 N–H and O–H groups in total. The normalized spacial score (nSPS) is 42.3. The van der Waals surface area contributed by atoms with Crippen LogP contribution in [0, 0.1) is 0 Å². The van der Waals surface area contributed by atoms with Crippen molar-refractivity contribution < 1.29 is 93.9 Å². The Balaban J connectivity index is 2.02. The SMILES string of the molecule is CO[C@H]1[C@H](O[C@H]2[C@H](O)[C@@H](CO)O[C@@H](O)[C@@H]2NC(C)=O)O[C@H](CO)[C@H](O)[C@@H]1O[C@]1(C(=O)O)C[C@H](O)[C@@H](NC(C)=O)[C@H]([C@H](O)[C@H](O)CO)O1. The minimum Gasteiger partial charge on any atom is -0.477 e. The van der Waals surface area contributed by atoms with E-state index in [4.69, 9.17) is 28.4 Å². The van der Waals surface area contributed by atoms with E-state index in [1.165, 1.54) is 0 Å². The summed E-state index contributed by atoms with van der Waals surface area (Å²) in [5, 5.41) is 108. The molecule has 0 unspecified atom stereocenters. The molecule has 0 radical (unpaired) electrons. The van der Waals surface area contributed by atoms with Crippen LogP contribution in [-0.2, 0) is 42.8 Å². The molecule has 3 aliphatic heterocycles. The molecule has 3 rings (SSSR count). The number of hydrogen-bond acceptors (Lipinski definition) is 18. The lowest BCUT2D eigenvalue weighted by Crippen LogP contribution is -2.71. The third kappa shape index (κ3) is 8.52. The molecule has 3 saturated heterocycles. The molecular formula is C26H44N2O19. The molecule has 0 spiro atoms. The number of aliphatic carboxylic acids is 1.